The fraction of sp³-hybridized carbons (Fsp3) is 0.412. The van der Waals surface area contributed by atoms with Crippen LogP contribution in [0.5, 0.6) is 0 Å². The lowest BCUT2D eigenvalue weighted by Crippen LogP contribution is -2.49. The summed E-state index contributed by atoms with van der Waals surface area (Å²) in [5.74, 6) is 2.35. The summed E-state index contributed by atoms with van der Waals surface area (Å²) in [7, 11) is 0.245. The number of aromatic nitrogens is 4. The number of fused-ring (bicyclic) bond motifs is 1. The van der Waals surface area contributed by atoms with E-state index in [9.17, 15) is 8.42 Å². The molecule has 9 nitrogen and oxygen atoms in total. The highest BCUT2D eigenvalue weighted by Gasteiger charge is 2.31. The van der Waals surface area contributed by atoms with E-state index < -0.39 is 10.0 Å². The van der Waals surface area contributed by atoms with Crippen molar-refractivity contribution in [3.05, 3.63) is 30.1 Å². The Balaban J connectivity index is 1.55. The van der Waals surface area contributed by atoms with Gasteiger partial charge in [-0.3, -0.25) is 0 Å². The largest absolute Gasteiger partial charge is 0.363 e. The summed E-state index contributed by atoms with van der Waals surface area (Å²) in [6, 6.07) is 7.01. The maximum Gasteiger partial charge on any atom is 0.245 e. The van der Waals surface area contributed by atoms with Gasteiger partial charge in [0.1, 0.15) is 33.4 Å². The normalized spacial score (nSPS) is 15.9. The first-order chi connectivity index (χ1) is 13.4. The molecule has 0 aliphatic carbocycles. The van der Waals surface area contributed by atoms with Crippen molar-refractivity contribution < 1.29 is 8.42 Å². The second-order valence-electron chi connectivity index (χ2n) is 6.81. The van der Waals surface area contributed by atoms with Crippen LogP contribution in [0.4, 0.5) is 11.6 Å². The standard InChI is InChI=1S/C17H21N7O2S2/c1-12-18-15(22(2)3)11-16(19-12)23-7-9-24(10-8-23)28(25,26)14-6-4-5-13-17(14)21-27-20-13/h4-6,11H,7-10H2,1-3H3. The second kappa shape index (κ2) is 7.22. The van der Waals surface area contributed by atoms with Crippen LogP contribution in [-0.4, -0.2) is 71.7 Å². The Bertz CT molecular complexity index is 1110. The molecule has 1 aliphatic rings. The molecule has 0 radical (unpaired) electrons. The summed E-state index contributed by atoms with van der Waals surface area (Å²) >= 11 is 1.02. The van der Waals surface area contributed by atoms with E-state index in [0.717, 1.165) is 23.4 Å². The molecule has 0 spiro atoms. The lowest BCUT2D eigenvalue weighted by atomic mass is 10.3. The first-order valence-electron chi connectivity index (χ1n) is 8.85. The molecule has 28 heavy (non-hydrogen) atoms. The number of hydrogen-bond acceptors (Lipinski definition) is 9. The number of sulfonamides is 1. The van der Waals surface area contributed by atoms with Crippen molar-refractivity contribution in [2.24, 2.45) is 0 Å². The molecule has 1 aromatic carbocycles. The molecule has 4 rings (SSSR count). The van der Waals surface area contributed by atoms with Crippen LogP contribution in [0.2, 0.25) is 0 Å². The van der Waals surface area contributed by atoms with E-state index in [1.165, 1.54) is 4.31 Å². The van der Waals surface area contributed by atoms with Gasteiger partial charge in [0.2, 0.25) is 10.0 Å². The lowest BCUT2D eigenvalue weighted by Gasteiger charge is -2.35. The van der Waals surface area contributed by atoms with Crippen molar-refractivity contribution in [3.8, 4) is 0 Å². The highest BCUT2D eigenvalue weighted by molar-refractivity contribution is 7.89. The zero-order valence-corrected chi connectivity index (χ0v) is 17.5. The van der Waals surface area contributed by atoms with Crippen LogP contribution in [0.25, 0.3) is 11.0 Å². The molecule has 148 valence electrons. The number of benzene rings is 1. The summed E-state index contributed by atoms with van der Waals surface area (Å²) in [6.45, 7) is 3.76. The predicted molar refractivity (Wildman–Crippen MR) is 109 cm³/mol. The third kappa shape index (κ3) is 3.40. The molecule has 3 heterocycles. The fourth-order valence-electron chi connectivity index (χ4n) is 3.21. The Morgan fingerprint density at radius 1 is 1.07 bits per heavy atom. The summed E-state index contributed by atoms with van der Waals surface area (Å²) in [4.78, 5) is 13.2. The number of rotatable bonds is 4. The van der Waals surface area contributed by atoms with Gasteiger partial charge in [0, 0.05) is 46.3 Å². The molecule has 0 N–H and O–H groups in total. The van der Waals surface area contributed by atoms with Crippen molar-refractivity contribution in [3.63, 3.8) is 0 Å². The molecule has 0 saturated carbocycles. The minimum atomic E-state index is -3.62. The number of aryl methyl sites for hydroxylation is 1. The average molecular weight is 420 g/mol. The van der Waals surface area contributed by atoms with Crippen LogP contribution >= 0.6 is 11.7 Å². The average Bonchev–Trinajstić information content (AvgIpc) is 3.16. The number of piperazine rings is 1. The fourth-order valence-corrected chi connectivity index (χ4v) is 5.39. The zero-order chi connectivity index (χ0) is 19.9. The number of anilines is 2. The Morgan fingerprint density at radius 3 is 2.54 bits per heavy atom. The van der Waals surface area contributed by atoms with E-state index in [0.29, 0.717) is 43.0 Å². The third-order valence-electron chi connectivity index (χ3n) is 4.70. The molecule has 1 saturated heterocycles. The number of hydrogen-bond donors (Lipinski definition) is 0. The topological polar surface area (TPSA) is 95.4 Å². The van der Waals surface area contributed by atoms with Gasteiger partial charge in [-0.25, -0.2) is 18.4 Å². The monoisotopic (exact) mass is 419 g/mol. The molecular weight excluding hydrogens is 398 g/mol. The van der Waals surface area contributed by atoms with Crippen molar-refractivity contribution in [2.75, 3.05) is 50.1 Å². The van der Waals surface area contributed by atoms with Crippen LogP contribution in [0.1, 0.15) is 5.82 Å². The smallest absolute Gasteiger partial charge is 0.245 e. The van der Waals surface area contributed by atoms with Crippen LogP contribution < -0.4 is 9.80 Å². The highest BCUT2D eigenvalue weighted by Crippen LogP contribution is 2.26. The van der Waals surface area contributed by atoms with Gasteiger partial charge in [0.25, 0.3) is 0 Å². The maximum atomic E-state index is 13.2. The molecular formula is C17H21N7O2S2. The second-order valence-corrected chi connectivity index (χ2v) is 9.24. The molecule has 0 amide bonds. The Kier molecular flexibility index (Phi) is 4.89. The van der Waals surface area contributed by atoms with Gasteiger partial charge in [0.05, 0.1) is 11.7 Å². The maximum absolute atomic E-state index is 13.2. The van der Waals surface area contributed by atoms with Gasteiger partial charge in [-0.15, -0.1) is 0 Å². The third-order valence-corrected chi connectivity index (χ3v) is 7.17. The Hall–Kier alpha value is -2.37. The quantitative estimate of drug-likeness (QED) is 0.626. The number of nitrogens with zero attached hydrogens (tertiary/aromatic N) is 7. The summed E-state index contributed by atoms with van der Waals surface area (Å²) in [6.07, 6.45) is 0. The molecule has 0 bridgehead atoms. The molecule has 3 aromatic rings. The zero-order valence-electron chi connectivity index (χ0n) is 15.9. The van der Waals surface area contributed by atoms with Gasteiger partial charge in [-0.1, -0.05) is 6.07 Å². The first-order valence-corrected chi connectivity index (χ1v) is 11.0. The van der Waals surface area contributed by atoms with Gasteiger partial charge < -0.3 is 9.80 Å². The molecule has 0 unspecified atom stereocenters. The lowest BCUT2D eigenvalue weighted by molar-refractivity contribution is 0.384. The predicted octanol–water partition coefficient (Wildman–Crippen LogP) is 1.37. The Labute approximate surface area is 168 Å². The van der Waals surface area contributed by atoms with Crippen molar-refractivity contribution in [1.82, 2.24) is 23.0 Å². The van der Waals surface area contributed by atoms with Gasteiger partial charge in [0.15, 0.2) is 0 Å². The summed E-state index contributed by atoms with van der Waals surface area (Å²) in [5, 5.41) is 0. The van der Waals surface area contributed by atoms with E-state index in [-0.39, 0.29) is 4.90 Å². The van der Waals surface area contributed by atoms with E-state index in [1.54, 1.807) is 18.2 Å². The minimum Gasteiger partial charge on any atom is -0.363 e. The Morgan fingerprint density at radius 2 is 1.82 bits per heavy atom. The van der Waals surface area contributed by atoms with Crippen molar-refractivity contribution >= 4 is 44.4 Å². The summed E-state index contributed by atoms with van der Waals surface area (Å²) < 4.78 is 36.1. The summed E-state index contributed by atoms with van der Waals surface area (Å²) in [5.41, 5.74) is 1.05. The van der Waals surface area contributed by atoms with Crippen LogP contribution in [0.3, 0.4) is 0 Å². The SMILES string of the molecule is Cc1nc(N(C)C)cc(N2CCN(S(=O)(=O)c3cccc4nsnc34)CC2)n1. The van der Waals surface area contributed by atoms with Crippen LogP contribution in [0.15, 0.2) is 29.2 Å². The van der Waals surface area contributed by atoms with Gasteiger partial charge >= 0.3 is 0 Å². The molecule has 11 heteroatoms. The van der Waals surface area contributed by atoms with Crippen molar-refractivity contribution in [1.29, 1.82) is 0 Å². The first kappa shape index (κ1) is 19.0. The molecule has 1 fully saturated rings. The van der Waals surface area contributed by atoms with E-state index >= 15 is 0 Å². The molecule has 1 aliphatic heterocycles. The van der Waals surface area contributed by atoms with E-state index in [4.69, 9.17) is 0 Å². The van der Waals surface area contributed by atoms with Gasteiger partial charge in [-0.05, 0) is 19.1 Å². The molecule has 0 atom stereocenters. The van der Waals surface area contributed by atoms with E-state index in [2.05, 4.69) is 23.6 Å². The van der Waals surface area contributed by atoms with Crippen molar-refractivity contribution in [2.45, 2.75) is 11.8 Å². The van der Waals surface area contributed by atoms with E-state index in [1.807, 2.05) is 32.0 Å². The minimum absolute atomic E-state index is 0.222. The van der Waals surface area contributed by atoms with Gasteiger partial charge in [-0.2, -0.15) is 13.1 Å². The van der Waals surface area contributed by atoms with Crippen LogP contribution in [0, 0.1) is 6.92 Å². The molecule has 2 aromatic heterocycles. The highest BCUT2D eigenvalue weighted by atomic mass is 32.2. The van der Waals surface area contributed by atoms with Crippen LogP contribution in [-0.2, 0) is 10.0 Å².